The molecule has 0 saturated heterocycles. The zero-order valence-corrected chi connectivity index (χ0v) is 12.4. The third kappa shape index (κ3) is 4.56. The third-order valence-electron chi connectivity index (χ3n) is 3.10. The van der Waals surface area contributed by atoms with Crippen molar-refractivity contribution in [1.29, 1.82) is 0 Å². The van der Waals surface area contributed by atoms with Gasteiger partial charge in [-0.25, -0.2) is 0 Å². The molecular formula is C15H25N3O. The van der Waals surface area contributed by atoms with Gasteiger partial charge in [0.2, 0.25) is 5.91 Å². The van der Waals surface area contributed by atoms with Crippen LogP contribution in [-0.2, 0) is 11.2 Å². The maximum atomic E-state index is 11.7. The van der Waals surface area contributed by atoms with Crippen LogP contribution in [0.5, 0.6) is 0 Å². The fourth-order valence-corrected chi connectivity index (χ4v) is 1.87. The maximum Gasteiger partial charge on any atom is 0.239 e. The molecule has 0 aliphatic carbocycles. The Kier molecular flexibility index (Phi) is 5.36. The molecule has 1 amide bonds. The molecule has 0 radical (unpaired) electrons. The van der Waals surface area contributed by atoms with Gasteiger partial charge in [-0.05, 0) is 31.9 Å². The molecule has 4 nitrogen and oxygen atoms in total. The van der Waals surface area contributed by atoms with Crippen molar-refractivity contribution in [3.05, 3.63) is 29.8 Å². The number of para-hydroxylation sites is 1. The number of nitrogens with one attached hydrogen (secondary N) is 1. The van der Waals surface area contributed by atoms with E-state index in [2.05, 4.69) is 35.3 Å². The second-order valence-electron chi connectivity index (χ2n) is 5.38. The Balaban J connectivity index is 2.52. The molecule has 0 aliphatic rings. The lowest BCUT2D eigenvalue weighted by molar-refractivity contribution is -0.125. The second kappa shape index (κ2) is 6.57. The molecule has 0 heterocycles. The zero-order chi connectivity index (χ0) is 14.5. The highest BCUT2D eigenvalue weighted by molar-refractivity contribution is 5.85. The Hall–Kier alpha value is -1.55. The van der Waals surface area contributed by atoms with Gasteiger partial charge < -0.3 is 16.0 Å². The average molecular weight is 263 g/mol. The molecule has 0 atom stereocenters. The molecule has 0 saturated carbocycles. The van der Waals surface area contributed by atoms with Crippen molar-refractivity contribution in [3.8, 4) is 0 Å². The van der Waals surface area contributed by atoms with Crippen LogP contribution in [0.2, 0.25) is 0 Å². The van der Waals surface area contributed by atoms with Crippen LogP contribution in [0.15, 0.2) is 24.3 Å². The molecular weight excluding hydrogens is 238 g/mol. The molecule has 19 heavy (non-hydrogen) atoms. The standard InChI is InChI=1S/C15H25N3O/c1-5-12-8-6-7-9-13(12)18(4)11-10-17-14(19)15(2,3)16/h6-9H,5,10-11,16H2,1-4H3,(H,17,19). The van der Waals surface area contributed by atoms with Gasteiger partial charge in [0.1, 0.15) is 0 Å². The minimum atomic E-state index is -0.820. The fourth-order valence-electron chi connectivity index (χ4n) is 1.87. The van der Waals surface area contributed by atoms with Crippen molar-refractivity contribution >= 4 is 11.6 Å². The predicted octanol–water partition coefficient (Wildman–Crippen LogP) is 1.54. The van der Waals surface area contributed by atoms with Gasteiger partial charge >= 0.3 is 0 Å². The van der Waals surface area contributed by atoms with E-state index in [0.29, 0.717) is 6.54 Å². The predicted molar refractivity (Wildman–Crippen MR) is 80.4 cm³/mol. The number of anilines is 1. The van der Waals surface area contributed by atoms with Gasteiger partial charge in [0.25, 0.3) is 0 Å². The summed E-state index contributed by atoms with van der Waals surface area (Å²) in [5.41, 5.74) is 7.44. The number of rotatable bonds is 6. The van der Waals surface area contributed by atoms with Crippen LogP contribution in [0.1, 0.15) is 26.3 Å². The molecule has 0 aromatic heterocycles. The van der Waals surface area contributed by atoms with Crippen LogP contribution in [0, 0.1) is 0 Å². The molecule has 0 fully saturated rings. The number of amides is 1. The van der Waals surface area contributed by atoms with Crippen LogP contribution in [-0.4, -0.2) is 31.6 Å². The van der Waals surface area contributed by atoms with E-state index in [1.165, 1.54) is 11.3 Å². The molecule has 1 rings (SSSR count). The molecule has 1 aromatic rings. The van der Waals surface area contributed by atoms with Crippen LogP contribution in [0.4, 0.5) is 5.69 Å². The smallest absolute Gasteiger partial charge is 0.239 e. The van der Waals surface area contributed by atoms with Gasteiger partial charge in [-0.3, -0.25) is 4.79 Å². The first kappa shape index (κ1) is 15.5. The summed E-state index contributed by atoms with van der Waals surface area (Å²) in [6.07, 6.45) is 1.00. The van der Waals surface area contributed by atoms with E-state index < -0.39 is 5.54 Å². The lowest BCUT2D eigenvalue weighted by Gasteiger charge is -2.24. The van der Waals surface area contributed by atoms with Gasteiger partial charge in [0.15, 0.2) is 0 Å². The third-order valence-corrected chi connectivity index (χ3v) is 3.10. The number of hydrogen-bond acceptors (Lipinski definition) is 3. The van der Waals surface area contributed by atoms with Crippen LogP contribution in [0.25, 0.3) is 0 Å². The van der Waals surface area contributed by atoms with Crippen LogP contribution in [0.3, 0.4) is 0 Å². The lowest BCUT2D eigenvalue weighted by Crippen LogP contribution is -2.50. The Morgan fingerprint density at radius 2 is 2.00 bits per heavy atom. The van der Waals surface area contributed by atoms with Gasteiger partial charge in [-0.1, -0.05) is 25.1 Å². The van der Waals surface area contributed by atoms with Crippen molar-refractivity contribution < 1.29 is 4.79 Å². The van der Waals surface area contributed by atoms with E-state index >= 15 is 0 Å². The van der Waals surface area contributed by atoms with Crippen LogP contribution < -0.4 is 16.0 Å². The number of benzene rings is 1. The monoisotopic (exact) mass is 263 g/mol. The average Bonchev–Trinajstić information content (AvgIpc) is 2.37. The molecule has 0 bridgehead atoms. The maximum absolute atomic E-state index is 11.7. The van der Waals surface area contributed by atoms with Crippen molar-refractivity contribution in [2.75, 3.05) is 25.0 Å². The quantitative estimate of drug-likeness (QED) is 0.818. The fraction of sp³-hybridized carbons (Fsp3) is 0.533. The van der Waals surface area contributed by atoms with E-state index in [9.17, 15) is 4.79 Å². The molecule has 3 N–H and O–H groups in total. The Morgan fingerprint density at radius 3 is 2.58 bits per heavy atom. The van der Waals surface area contributed by atoms with E-state index in [0.717, 1.165) is 13.0 Å². The van der Waals surface area contributed by atoms with Gasteiger partial charge in [0, 0.05) is 25.8 Å². The highest BCUT2D eigenvalue weighted by Gasteiger charge is 2.21. The number of hydrogen-bond donors (Lipinski definition) is 2. The first-order valence-electron chi connectivity index (χ1n) is 6.72. The summed E-state index contributed by atoms with van der Waals surface area (Å²) in [6.45, 7) is 6.91. The van der Waals surface area contributed by atoms with Gasteiger partial charge in [-0.15, -0.1) is 0 Å². The number of nitrogens with two attached hydrogens (primary N) is 1. The molecule has 4 heteroatoms. The van der Waals surface area contributed by atoms with E-state index in [-0.39, 0.29) is 5.91 Å². The highest BCUT2D eigenvalue weighted by Crippen LogP contribution is 2.18. The topological polar surface area (TPSA) is 58.4 Å². The van der Waals surface area contributed by atoms with Crippen LogP contribution >= 0.6 is 0 Å². The molecule has 106 valence electrons. The van der Waals surface area contributed by atoms with E-state index in [1.807, 2.05) is 13.1 Å². The largest absolute Gasteiger partial charge is 0.373 e. The molecule has 0 aliphatic heterocycles. The minimum absolute atomic E-state index is 0.121. The first-order valence-corrected chi connectivity index (χ1v) is 6.72. The van der Waals surface area contributed by atoms with Gasteiger partial charge in [-0.2, -0.15) is 0 Å². The van der Waals surface area contributed by atoms with E-state index in [1.54, 1.807) is 13.8 Å². The summed E-state index contributed by atoms with van der Waals surface area (Å²) < 4.78 is 0. The summed E-state index contributed by atoms with van der Waals surface area (Å²) >= 11 is 0. The summed E-state index contributed by atoms with van der Waals surface area (Å²) in [5.74, 6) is -0.121. The summed E-state index contributed by atoms with van der Waals surface area (Å²) in [6, 6.07) is 8.32. The van der Waals surface area contributed by atoms with Crippen molar-refractivity contribution in [2.24, 2.45) is 5.73 Å². The van der Waals surface area contributed by atoms with Gasteiger partial charge in [0.05, 0.1) is 5.54 Å². The number of nitrogens with zero attached hydrogens (tertiary/aromatic N) is 1. The molecule has 0 spiro atoms. The summed E-state index contributed by atoms with van der Waals surface area (Å²) in [4.78, 5) is 13.8. The molecule has 1 aromatic carbocycles. The normalized spacial score (nSPS) is 11.2. The van der Waals surface area contributed by atoms with Crippen molar-refractivity contribution in [3.63, 3.8) is 0 Å². The SMILES string of the molecule is CCc1ccccc1N(C)CCNC(=O)C(C)(C)N. The number of likely N-dealkylation sites (N-methyl/N-ethyl adjacent to an activating group) is 1. The van der Waals surface area contributed by atoms with Crippen molar-refractivity contribution in [1.82, 2.24) is 5.32 Å². The summed E-state index contributed by atoms with van der Waals surface area (Å²) in [7, 11) is 2.04. The van der Waals surface area contributed by atoms with Crippen molar-refractivity contribution in [2.45, 2.75) is 32.7 Å². The number of aryl methyl sites for hydroxylation is 1. The Labute approximate surface area is 116 Å². The summed E-state index contributed by atoms with van der Waals surface area (Å²) in [5, 5.41) is 2.86. The first-order chi connectivity index (χ1) is 8.86. The second-order valence-corrected chi connectivity index (χ2v) is 5.38. The Morgan fingerprint density at radius 1 is 1.37 bits per heavy atom. The highest BCUT2D eigenvalue weighted by atomic mass is 16.2. The number of carbonyl (C=O) groups is 1. The molecule has 0 unspecified atom stereocenters. The number of carbonyl (C=O) groups excluding carboxylic acids is 1. The lowest BCUT2D eigenvalue weighted by atomic mass is 10.1. The zero-order valence-electron chi connectivity index (χ0n) is 12.4. The minimum Gasteiger partial charge on any atom is -0.373 e. The Bertz CT molecular complexity index is 424. The van der Waals surface area contributed by atoms with E-state index in [4.69, 9.17) is 5.73 Å².